The van der Waals surface area contributed by atoms with Crippen molar-refractivity contribution in [1.29, 1.82) is 0 Å². The number of tetrazole rings is 1. The Morgan fingerprint density at radius 3 is 2.94 bits per heavy atom. The van der Waals surface area contributed by atoms with Gasteiger partial charge in [0, 0.05) is 0 Å². The fourth-order valence-corrected chi connectivity index (χ4v) is 1.68. The maximum Gasteiger partial charge on any atom is 0.194 e. The molecule has 0 saturated carbocycles. The van der Waals surface area contributed by atoms with Gasteiger partial charge in [-0.2, -0.15) is 4.80 Å². The van der Waals surface area contributed by atoms with E-state index in [4.69, 9.17) is 0 Å². The minimum absolute atomic E-state index is 0.592. The summed E-state index contributed by atoms with van der Waals surface area (Å²) < 4.78 is 2.01. The Morgan fingerprint density at radius 1 is 1.25 bits per heavy atom. The molecule has 0 atom stereocenters. The topological polar surface area (TPSA) is 61.4 Å². The summed E-state index contributed by atoms with van der Waals surface area (Å²) in [7, 11) is 1.75. The third kappa shape index (κ3) is 1.44. The first-order valence-corrected chi connectivity index (χ1v) is 4.96. The molecule has 3 rings (SSSR count). The first-order chi connectivity index (χ1) is 7.83. The highest BCUT2D eigenvalue weighted by Crippen LogP contribution is 2.12. The Balaban J connectivity index is 2.00. The van der Waals surface area contributed by atoms with Crippen molar-refractivity contribution in [2.45, 2.75) is 6.54 Å². The van der Waals surface area contributed by atoms with E-state index in [1.807, 2.05) is 28.8 Å². The summed E-state index contributed by atoms with van der Waals surface area (Å²) in [5, 5.41) is 11.9. The maximum atomic E-state index is 4.30. The van der Waals surface area contributed by atoms with E-state index < -0.39 is 0 Å². The zero-order valence-corrected chi connectivity index (χ0v) is 8.78. The lowest BCUT2D eigenvalue weighted by molar-refractivity contribution is 0.625. The van der Waals surface area contributed by atoms with Crippen molar-refractivity contribution < 1.29 is 0 Å². The van der Waals surface area contributed by atoms with Gasteiger partial charge in [-0.05, 0) is 17.3 Å². The van der Waals surface area contributed by atoms with Crippen LogP contribution in [0.4, 0.5) is 0 Å². The second-order valence-electron chi connectivity index (χ2n) is 3.56. The number of aromatic nitrogens is 6. The third-order valence-electron chi connectivity index (χ3n) is 2.39. The molecule has 0 spiro atoms. The van der Waals surface area contributed by atoms with Crippen molar-refractivity contribution in [1.82, 2.24) is 29.8 Å². The van der Waals surface area contributed by atoms with Gasteiger partial charge in [0.05, 0.1) is 31.0 Å². The van der Waals surface area contributed by atoms with Crippen molar-refractivity contribution in [3.05, 3.63) is 36.4 Å². The predicted octanol–water partition coefficient (Wildman–Crippen LogP) is 0.608. The fraction of sp³-hybridized carbons (Fsp3) is 0.200. The van der Waals surface area contributed by atoms with Crippen LogP contribution in [0.15, 0.2) is 30.6 Å². The molecule has 2 aromatic heterocycles. The van der Waals surface area contributed by atoms with Crippen LogP contribution in [0.25, 0.3) is 11.0 Å². The Morgan fingerprint density at radius 2 is 2.12 bits per heavy atom. The Hall–Kier alpha value is -2.24. The van der Waals surface area contributed by atoms with Gasteiger partial charge in [-0.15, -0.1) is 10.2 Å². The Bertz CT molecular complexity index is 623. The van der Waals surface area contributed by atoms with Gasteiger partial charge < -0.3 is 4.57 Å². The number of aryl methyl sites for hydroxylation is 1. The van der Waals surface area contributed by atoms with Crippen LogP contribution in [-0.2, 0) is 13.6 Å². The van der Waals surface area contributed by atoms with Crippen molar-refractivity contribution >= 4 is 11.0 Å². The molecule has 0 amide bonds. The van der Waals surface area contributed by atoms with E-state index in [0.29, 0.717) is 12.4 Å². The van der Waals surface area contributed by atoms with E-state index >= 15 is 0 Å². The van der Waals surface area contributed by atoms with E-state index in [9.17, 15) is 0 Å². The number of imidazole rings is 1. The number of fused-ring (bicyclic) bond motifs is 1. The average Bonchev–Trinajstić information content (AvgIpc) is 2.87. The molecule has 0 aliphatic carbocycles. The molecule has 0 saturated heterocycles. The van der Waals surface area contributed by atoms with Gasteiger partial charge in [-0.3, -0.25) is 0 Å². The molecule has 0 unspecified atom stereocenters. The summed E-state index contributed by atoms with van der Waals surface area (Å²) in [5.41, 5.74) is 2.06. The van der Waals surface area contributed by atoms with Crippen LogP contribution in [0, 0.1) is 0 Å². The molecular weight excluding hydrogens is 204 g/mol. The molecule has 0 N–H and O–H groups in total. The van der Waals surface area contributed by atoms with Gasteiger partial charge in [-0.25, -0.2) is 4.98 Å². The number of nitrogens with zero attached hydrogens (tertiary/aromatic N) is 6. The summed E-state index contributed by atoms with van der Waals surface area (Å²) in [4.78, 5) is 5.75. The number of hydrogen-bond donors (Lipinski definition) is 0. The summed E-state index contributed by atoms with van der Waals surface area (Å²) >= 11 is 0. The minimum atomic E-state index is 0.592. The highest BCUT2D eigenvalue weighted by atomic mass is 15.6. The first kappa shape index (κ1) is 9.02. The predicted molar refractivity (Wildman–Crippen MR) is 57.6 cm³/mol. The van der Waals surface area contributed by atoms with Crippen LogP contribution in [0.2, 0.25) is 0 Å². The molecule has 0 bridgehead atoms. The zero-order chi connectivity index (χ0) is 11.0. The lowest BCUT2D eigenvalue weighted by atomic mass is 10.3. The maximum absolute atomic E-state index is 4.30. The first-order valence-electron chi connectivity index (χ1n) is 4.96. The third-order valence-corrected chi connectivity index (χ3v) is 2.39. The van der Waals surface area contributed by atoms with Gasteiger partial charge in [-0.1, -0.05) is 12.1 Å². The van der Waals surface area contributed by atoms with Crippen LogP contribution >= 0.6 is 0 Å². The van der Waals surface area contributed by atoms with Crippen molar-refractivity contribution in [2.24, 2.45) is 7.05 Å². The van der Waals surface area contributed by atoms with Crippen molar-refractivity contribution in [3.63, 3.8) is 0 Å². The smallest absolute Gasteiger partial charge is 0.194 e. The lowest BCUT2D eigenvalue weighted by Crippen LogP contribution is -2.00. The minimum Gasteiger partial charge on any atom is -0.323 e. The van der Waals surface area contributed by atoms with Crippen molar-refractivity contribution in [3.8, 4) is 0 Å². The molecule has 0 aliphatic heterocycles. The van der Waals surface area contributed by atoms with Crippen LogP contribution in [0.3, 0.4) is 0 Å². The Labute approximate surface area is 91.5 Å². The molecule has 6 nitrogen and oxygen atoms in total. The molecule has 1 aromatic carbocycles. The number of benzene rings is 1. The Kier molecular flexibility index (Phi) is 1.92. The highest BCUT2D eigenvalue weighted by Gasteiger charge is 2.05. The van der Waals surface area contributed by atoms with Crippen LogP contribution in [0.1, 0.15) is 5.82 Å². The molecule has 0 radical (unpaired) electrons. The van der Waals surface area contributed by atoms with E-state index in [-0.39, 0.29) is 0 Å². The van der Waals surface area contributed by atoms with Crippen LogP contribution < -0.4 is 0 Å². The fourth-order valence-electron chi connectivity index (χ4n) is 1.68. The van der Waals surface area contributed by atoms with E-state index in [1.54, 1.807) is 13.4 Å². The lowest BCUT2D eigenvalue weighted by Gasteiger charge is -1.98. The molecule has 6 heteroatoms. The van der Waals surface area contributed by atoms with Gasteiger partial charge in [0.1, 0.15) is 0 Å². The molecule has 16 heavy (non-hydrogen) atoms. The van der Waals surface area contributed by atoms with E-state index in [2.05, 4.69) is 20.4 Å². The van der Waals surface area contributed by atoms with E-state index in [1.165, 1.54) is 4.80 Å². The number of hydrogen-bond acceptors (Lipinski definition) is 4. The molecule has 80 valence electrons. The summed E-state index contributed by atoms with van der Waals surface area (Å²) in [6.45, 7) is 0.592. The van der Waals surface area contributed by atoms with Gasteiger partial charge >= 0.3 is 0 Å². The quantitative estimate of drug-likeness (QED) is 0.627. The highest BCUT2D eigenvalue weighted by molar-refractivity contribution is 5.74. The number of para-hydroxylation sites is 2. The van der Waals surface area contributed by atoms with E-state index in [0.717, 1.165) is 11.0 Å². The van der Waals surface area contributed by atoms with Gasteiger partial charge in [0.25, 0.3) is 0 Å². The van der Waals surface area contributed by atoms with Crippen LogP contribution in [-0.4, -0.2) is 29.8 Å². The number of rotatable bonds is 2. The summed E-state index contributed by atoms with van der Waals surface area (Å²) in [6.07, 6.45) is 1.79. The molecule has 2 heterocycles. The van der Waals surface area contributed by atoms with Gasteiger partial charge in [0.2, 0.25) is 0 Å². The second kappa shape index (κ2) is 3.41. The van der Waals surface area contributed by atoms with Gasteiger partial charge in [0.15, 0.2) is 5.82 Å². The summed E-state index contributed by atoms with van der Waals surface area (Å²) in [5.74, 6) is 0.686. The zero-order valence-electron chi connectivity index (χ0n) is 8.78. The summed E-state index contributed by atoms with van der Waals surface area (Å²) in [6, 6.07) is 7.97. The average molecular weight is 214 g/mol. The molecule has 3 aromatic rings. The monoisotopic (exact) mass is 214 g/mol. The van der Waals surface area contributed by atoms with Crippen molar-refractivity contribution in [2.75, 3.05) is 0 Å². The second-order valence-corrected chi connectivity index (χ2v) is 3.56. The molecule has 0 fully saturated rings. The SMILES string of the molecule is Cn1nnc(Cn2cnc3ccccc32)n1. The largest absolute Gasteiger partial charge is 0.323 e. The molecular formula is C10H10N6. The van der Waals surface area contributed by atoms with Crippen LogP contribution in [0.5, 0.6) is 0 Å². The standard InChI is InChI=1S/C10H10N6/c1-15-13-10(12-14-15)6-16-7-11-8-4-2-3-5-9(8)16/h2-5,7H,6H2,1H3. The normalized spacial score (nSPS) is 11.1. The molecule has 0 aliphatic rings.